The van der Waals surface area contributed by atoms with Crippen molar-refractivity contribution in [2.75, 3.05) is 26.9 Å². The third kappa shape index (κ3) is 2.82. The fourth-order valence-corrected chi connectivity index (χ4v) is 2.11. The largest absolute Gasteiger partial charge is 0.496 e. The summed E-state index contributed by atoms with van der Waals surface area (Å²) in [5, 5.41) is 3.42. The Labute approximate surface area is 107 Å². The summed E-state index contributed by atoms with van der Waals surface area (Å²) in [6.45, 7) is 6.62. The molecule has 1 fully saturated rings. The number of benzene rings is 1. The molecule has 0 radical (unpaired) electrons. The highest BCUT2D eigenvalue weighted by atomic mass is 19.1. The molecule has 100 valence electrons. The Morgan fingerprint density at radius 2 is 2.22 bits per heavy atom. The van der Waals surface area contributed by atoms with Crippen LogP contribution in [-0.4, -0.2) is 26.9 Å². The first-order valence-corrected chi connectivity index (χ1v) is 6.19. The number of halogens is 1. The molecule has 1 aliphatic rings. The predicted molar refractivity (Wildman–Crippen MR) is 68.3 cm³/mol. The number of rotatable bonds is 5. The van der Waals surface area contributed by atoms with Gasteiger partial charge in [0, 0.05) is 23.6 Å². The summed E-state index contributed by atoms with van der Waals surface area (Å²) in [5.41, 5.74) is 1.05. The lowest BCUT2D eigenvalue weighted by Crippen LogP contribution is -2.47. The average molecular weight is 253 g/mol. The van der Waals surface area contributed by atoms with Crippen LogP contribution in [0.1, 0.15) is 25.5 Å². The summed E-state index contributed by atoms with van der Waals surface area (Å²) in [6.07, 6.45) is 0. The maximum atomic E-state index is 13.3. The Kier molecular flexibility index (Phi) is 3.88. The number of methoxy groups -OCH3 is 1. The molecule has 1 atom stereocenters. The molecule has 0 bridgehead atoms. The van der Waals surface area contributed by atoms with Crippen LogP contribution < -0.4 is 10.1 Å². The molecular weight excluding hydrogens is 233 g/mol. The monoisotopic (exact) mass is 253 g/mol. The van der Waals surface area contributed by atoms with Crippen molar-refractivity contribution in [2.45, 2.75) is 19.9 Å². The van der Waals surface area contributed by atoms with Gasteiger partial charge in [0.2, 0.25) is 0 Å². The van der Waals surface area contributed by atoms with Gasteiger partial charge in [-0.1, -0.05) is 6.92 Å². The molecule has 4 heteroatoms. The van der Waals surface area contributed by atoms with Gasteiger partial charge in [0.15, 0.2) is 0 Å². The Balaban J connectivity index is 2.03. The molecule has 1 aromatic rings. The first-order chi connectivity index (χ1) is 8.54. The fraction of sp³-hybridized carbons (Fsp3) is 0.571. The minimum Gasteiger partial charge on any atom is -0.496 e. The van der Waals surface area contributed by atoms with Gasteiger partial charge < -0.3 is 14.8 Å². The number of hydrogen-bond acceptors (Lipinski definition) is 3. The lowest BCUT2D eigenvalue weighted by Gasteiger charge is -2.39. The van der Waals surface area contributed by atoms with Gasteiger partial charge in [0.05, 0.1) is 20.3 Å². The van der Waals surface area contributed by atoms with Crippen LogP contribution in [0.25, 0.3) is 0 Å². The van der Waals surface area contributed by atoms with E-state index in [0.717, 1.165) is 25.3 Å². The van der Waals surface area contributed by atoms with Crippen molar-refractivity contribution in [1.82, 2.24) is 5.32 Å². The second kappa shape index (κ2) is 5.24. The quantitative estimate of drug-likeness (QED) is 0.874. The van der Waals surface area contributed by atoms with Gasteiger partial charge in [-0.3, -0.25) is 0 Å². The van der Waals surface area contributed by atoms with Crippen LogP contribution >= 0.6 is 0 Å². The van der Waals surface area contributed by atoms with Crippen molar-refractivity contribution in [2.24, 2.45) is 5.41 Å². The summed E-state index contributed by atoms with van der Waals surface area (Å²) >= 11 is 0. The zero-order valence-electron chi connectivity index (χ0n) is 11.1. The maximum Gasteiger partial charge on any atom is 0.123 e. The van der Waals surface area contributed by atoms with Crippen molar-refractivity contribution >= 4 is 0 Å². The molecule has 1 N–H and O–H groups in total. The summed E-state index contributed by atoms with van der Waals surface area (Å²) < 4.78 is 23.8. The average Bonchev–Trinajstić information content (AvgIpc) is 2.33. The molecule has 1 saturated heterocycles. The minimum atomic E-state index is -0.238. The van der Waals surface area contributed by atoms with E-state index in [9.17, 15) is 4.39 Å². The van der Waals surface area contributed by atoms with E-state index >= 15 is 0 Å². The highest BCUT2D eigenvalue weighted by Gasteiger charge is 2.33. The van der Waals surface area contributed by atoms with Gasteiger partial charge >= 0.3 is 0 Å². The highest BCUT2D eigenvalue weighted by Crippen LogP contribution is 2.29. The van der Waals surface area contributed by atoms with Gasteiger partial charge in [-0.05, 0) is 25.1 Å². The van der Waals surface area contributed by atoms with Crippen LogP contribution in [0.3, 0.4) is 0 Å². The van der Waals surface area contributed by atoms with E-state index in [4.69, 9.17) is 9.47 Å². The summed E-state index contributed by atoms with van der Waals surface area (Å²) in [5.74, 6) is 0.476. The lowest BCUT2D eigenvalue weighted by molar-refractivity contribution is -0.0999. The van der Waals surface area contributed by atoms with Crippen molar-refractivity contribution in [3.63, 3.8) is 0 Å². The van der Waals surface area contributed by atoms with Crippen molar-refractivity contribution in [1.29, 1.82) is 0 Å². The van der Waals surface area contributed by atoms with Crippen LogP contribution in [0.15, 0.2) is 18.2 Å². The SMILES string of the molecule is COc1ccc(F)cc1C(C)NCC1(C)COC1. The zero-order valence-corrected chi connectivity index (χ0v) is 11.1. The van der Waals surface area contributed by atoms with E-state index in [1.807, 2.05) is 6.92 Å². The van der Waals surface area contributed by atoms with E-state index in [0.29, 0.717) is 5.75 Å². The number of hydrogen-bond donors (Lipinski definition) is 1. The molecule has 0 amide bonds. The predicted octanol–water partition coefficient (Wildman–Crippen LogP) is 2.52. The van der Waals surface area contributed by atoms with Crippen molar-refractivity contribution in [3.05, 3.63) is 29.6 Å². The van der Waals surface area contributed by atoms with E-state index in [-0.39, 0.29) is 17.3 Å². The first-order valence-electron chi connectivity index (χ1n) is 6.19. The van der Waals surface area contributed by atoms with Gasteiger partial charge in [0.25, 0.3) is 0 Å². The van der Waals surface area contributed by atoms with E-state index in [2.05, 4.69) is 12.2 Å². The summed E-state index contributed by atoms with van der Waals surface area (Å²) in [6, 6.07) is 4.65. The molecular formula is C14H20FNO2. The molecule has 18 heavy (non-hydrogen) atoms. The van der Waals surface area contributed by atoms with Crippen molar-refractivity contribution in [3.8, 4) is 5.75 Å². The molecule has 0 spiro atoms. The molecule has 0 aromatic heterocycles. The Morgan fingerprint density at radius 3 is 2.78 bits per heavy atom. The summed E-state index contributed by atoms with van der Waals surface area (Å²) in [7, 11) is 1.60. The van der Waals surface area contributed by atoms with Crippen LogP contribution in [0, 0.1) is 11.2 Å². The number of ether oxygens (including phenoxy) is 2. The van der Waals surface area contributed by atoms with Gasteiger partial charge in [0.1, 0.15) is 11.6 Å². The molecule has 0 saturated carbocycles. The fourth-order valence-electron chi connectivity index (χ4n) is 2.11. The Hall–Kier alpha value is -1.13. The standard InChI is InChI=1S/C14H20FNO2/c1-10(16-7-14(2)8-18-9-14)12-6-11(15)4-5-13(12)17-3/h4-6,10,16H,7-9H2,1-3H3. The molecule has 3 nitrogen and oxygen atoms in total. The van der Waals surface area contributed by atoms with E-state index in [1.165, 1.54) is 12.1 Å². The molecule has 0 aliphatic carbocycles. The van der Waals surface area contributed by atoms with Crippen molar-refractivity contribution < 1.29 is 13.9 Å². The van der Waals surface area contributed by atoms with Crippen LogP contribution in [-0.2, 0) is 4.74 Å². The second-order valence-electron chi connectivity index (χ2n) is 5.29. The topological polar surface area (TPSA) is 30.5 Å². The molecule has 1 heterocycles. The molecule has 2 rings (SSSR count). The van der Waals surface area contributed by atoms with E-state index < -0.39 is 0 Å². The smallest absolute Gasteiger partial charge is 0.123 e. The van der Waals surface area contributed by atoms with Gasteiger partial charge in [-0.15, -0.1) is 0 Å². The molecule has 1 aromatic carbocycles. The molecule has 1 unspecified atom stereocenters. The normalized spacial score (nSPS) is 19.1. The van der Waals surface area contributed by atoms with Gasteiger partial charge in [-0.25, -0.2) is 4.39 Å². The van der Waals surface area contributed by atoms with Crippen LogP contribution in [0.4, 0.5) is 4.39 Å². The van der Waals surface area contributed by atoms with E-state index in [1.54, 1.807) is 13.2 Å². The first kappa shape index (κ1) is 13.3. The lowest BCUT2D eigenvalue weighted by atomic mass is 9.88. The minimum absolute atomic E-state index is 0.0491. The maximum absolute atomic E-state index is 13.3. The van der Waals surface area contributed by atoms with Crippen LogP contribution in [0.5, 0.6) is 5.75 Å². The number of nitrogens with one attached hydrogen (secondary N) is 1. The second-order valence-corrected chi connectivity index (χ2v) is 5.29. The summed E-state index contributed by atoms with van der Waals surface area (Å²) in [4.78, 5) is 0. The zero-order chi connectivity index (χ0) is 13.2. The van der Waals surface area contributed by atoms with Crippen LogP contribution in [0.2, 0.25) is 0 Å². The third-order valence-electron chi connectivity index (χ3n) is 3.39. The van der Waals surface area contributed by atoms with Gasteiger partial charge in [-0.2, -0.15) is 0 Å². The Bertz CT molecular complexity index is 418. The third-order valence-corrected chi connectivity index (χ3v) is 3.39. The highest BCUT2D eigenvalue weighted by molar-refractivity contribution is 5.36. The molecule has 1 aliphatic heterocycles. The Morgan fingerprint density at radius 1 is 1.50 bits per heavy atom.